The summed E-state index contributed by atoms with van der Waals surface area (Å²) in [5, 5.41) is 13.4. The summed E-state index contributed by atoms with van der Waals surface area (Å²) in [5.41, 5.74) is 2.28. The van der Waals surface area contributed by atoms with Gasteiger partial charge < -0.3 is 5.11 Å². The van der Waals surface area contributed by atoms with Crippen LogP contribution in [0.2, 0.25) is 0 Å². The summed E-state index contributed by atoms with van der Waals surface area (Å²) >= 11 is 0. The number of carboxylic acids is 1. The van der Waals surface area contributed by atoms with E-state index in [1.807, 2.05) is 22.7 Å². The van der Waals surface area contributed by atoms with Gasteiger partial charge in [0.05, 0.1) is 6.20 Å². The molecule has 17 heavy (non-hydrogen) atoms. The Kier molecular flexibility index (Phi) is 3.47. The van der Waals surface area contributed by atoms with Gasteiger partial charge >= 0.3 is 5.97 Å². The first-order valence-corrected chi connectivity index (χ1v) is 6.11. The van der Waals surface area contributed by atoms with Crippen LogP contribution in [0.25, 0.3) is 0 Å². The van der Waals surface area contributed by atoms with E-state index in [0.29, 0.717) is 6.54 Å². The minimum absolute atomic E-state index is 0.320. The van der Waals surface area contributed by atoms with Gasteiger partial charge in [-0.3, -0.25) is 14.4 Å². The number of carboxylic acid groups (broad SMARTS) is 1. The molecule has 5 nitrogen and oxygen atoms in total. The lowest BCUT2D eigenvalue weighted by atomic mass is 10.2. The Bertz CT molecular complexity index is 414. The van der Waals surface area contributed by atoms with E-state index in [1.54, 1.807) is 0 Å². The van der Waals surface area contributed by atoms with E-state index in [9.17, 15) is 4.79 Å². The fourth-order valence-electron chi connectivity index (χ4n) is 2.47. The SMILES string of the molecule is CCn1ncc(CN2CCCC2C(=O)O)c1C. The van der Waals surface area contributed by atoms with Crippen LogP contribution in [-0.2, 0) is 17.9 Å². The van der Waals surface area contributed by atoms with Gasteiger partial charge in [0.15, 0.2) is 0 Å². The predicted molar refractivity (Wildman–Crippen MR) is 63.7 cm³/mol. The van der Waals surface area contributed by atoms with E-state index in [4.69, 9.17) is 5.11 Å². The maximum absolute atomic E-state index is 11.1. The summed E-state index contributed by atoms with van der Waals surface area (Å²) < 4.78 is 1.95. The van der Waals surface area contributed by atoms with Gasteiger partial charge in [-0.05, 0) is 33.2 Å². The summed E-state index contributed by atoms with van der Waals surface area (Å²) in [6, 6.07) is -0.320. The standard InChI is InChI=1S/C12H19N3O2/c1-3-15-9(2)10(7-13-15)8-14-6-4-5-11(14)12(16)17/h7,11H,3-6,8H2,1-2H3,(H,16,17). The minimum atomic E-state index is -0.706. The van der Waals surface area contributed by atoms with Gasteiger partial charge in [0.25, 0.3) is 0 Å². The molecular formula is C12H19N3O2. The Morgan fingerprint density at radius 3 is 3.00 bits per heavy atom. The van der Waals surface area contributed by atoms with Gasteiger partial charge in [0.1, 0.15) is 6.04 Å². The molecule has 1 aromatic heterocycles. The molecule has 1 N–H and O–H groups in total. The molecule has 1 atom stereocenters. The van der Waals surface area contributed by atoms with E-state index in [-0.39, 0.29) is 6.04 Å². The van der Waals surface area contributed by atoms with Gasteiger partial charge in [-0.15, -0.1) is 0 Å². The number of likely N-dealkylation sites (tertiary alicyclic amines) is 1. The van der Waals surface area contributed by atoms with Crippen LogP contribution in [0.3, 0.4) is 0 Å². The van der Waals surface area contributed by atoms with E-state index < -0.39 is 5.97 Å². The van der Waals surface area contributed by atoms with Crippen molar-refractivity contribution >= 4 is 5.97 Å². The quantitative estimate of drug-likeness (QED) is 0.856. The first-order chi connectivity index (χ1) is 8.13. The number of aliphatic carboxylic acids is 1. The Hall–Kier alpha value is -1.36. The lowest BCUT2D eigenvalue weighted by Gasteiger charge is -2.20. The molecule has 1 aliphatic rings. The maximum atomic E-state index is 11.1. The number of hydrogen-bond acceptors (Lipinski definition) is 3. The lowest BCUT2D eigenvalue weighted by molar-refractivity contribution is -0.142. The topological polar surface area (TPSA) is 58.4 Å². The summed E-state index contributed by atoms with van der Waals surface area (Å²) in [6.07, 6.45) is 3.59. The average molecular weight is 237 g/mol. The van der Waals surface area contributed by atoms with Crippen molar-refractivity contribution in [3.05, 3.63) is 17.5 Å². The van der Waals surface area contributed by atoms with Crippen molar-refractivity contribution in [2.24, 2.45) is 0 Å². The zero-order valence-electron chi connectivity index (χ0n) is 10.4. The third-order valence-electron chi connectivity index (χ3n) is 3.53. The second kappa shape index (κ2) is 4.87. The fraction of sp³-hybridized carbons (Fsp3) is 0.667. The van der Waals surface area contributed by atoms with Gasteiger partial charge in [-0.1, -0.05) is 0 Å². The van der Waals surface area contributed by atoms with Crippen molar-refractivity contribution in [2.45, 2.75) is 45.8 Å². The van der Waals surface area contributed by atoms with Gasteiger partial charge in [-0.2, -0.15) is 5.10 Å². The number of hydrogen-bond donors (Lipinski definition) is 1. The molecule has 1 unspecified atom stereocenters. The van der Waals surface area contributed by atoms with Crippen molar-refractivity contribution < 1.29 is 9.90 Å². The molecule has 1 fully saturated rings. The highest BCUT2D eigenvalue weighted by molar-refractivity contribution is 5.73. The molecule has 0 aliphatic carbocycles. The molecule has 0 radical (unpaired) electrons. The van der Waals surface area contributed by atoms with Crippen LogP contribution in [0, 0.1) is 6.92 Å². The smallest absolute Gasteiger partial charge is 0.320 e. The number of aromatic nitrogens is 2. The third kappa shape index (κ3) is 2.34. The molecule has 5 heteroatoms. The minimum Gasteiger partial charge on any atom is -0.480 e. The molecule has 94 valence electrons. The first-order valence-electron chi connectivity index (χ1n) is 6.11. The second-order valence-electron chi connectivity index (χ2n) is 4.54. The summed E-state index contributed by atoms with van der Waals surface area (Å²) in [6.45, 7) is 6.52. The molecule has 0 bridgehead atoms. The van der Waals surface area contributed by atoms with Crippen LogP contribution in [0.5, 0.6) is 0 Å². The number of aryl methyl sites for hydroxylation is 1. The number of carbonyl (C=O) groups is 1. The van der Waals surface area contributed by atoms with Crippen LogP contribution in [0.1, 0.15) is 31.0 Å². The maximum Gasteiger partial charge on any atom is 0.320 e. The van der Waals surface area contributed by atoms with Crippen molar-refractivity contribution in [1.29, 1.82) is 0 Å². The van der Waals surface area contributed by atoms with Crippen LogP contribution >= 0.6 is 0 Å². The molecule has 0 amide bonds. The van der Waals surface area contributed by atoms with Gasteiger partial charge in [0, 0.05) is 24.3 Å². The zero-order valence-corrected chi connectivity index (χ0v) is 10.4. The Labute approximate surface area is 101 Å². The summed E-state index contributed by atoms with van der Waals surface area (Å²) in [5.74, 6) is -0.706. The molecule has 0 aromatic carbocycles. The Morgan fingerprint density at radius 1 is 1.65 bits per heavy atom. The van der Waals surface area contributed by atoms with Crippen LogP contribution in [-0.4, -0.2) is 38.3 Å². The molecule has 0 spiro atoms. The number of nitrogens with zero attached hydrogens (tertiary/aromatic N) is 3. The highest BCUT2D eigenvalue weighted by Crippen LogP contribution is 2.21. The van der Waals surface area contributed by atoms with Crippen molar-refractivity contribution in [3.8, 4) is 0 Å². The molecule has 2 heterocycles. The van der Waals surface area contributed by atoms with E-state index in [0.717, 1.165) is 37.2 Å². The van der Waals surface area contributed by atoms with Gasteiger partial charge in [-0.25, -0.2) is 0 Å². The van der Waals surface area contributed by atoms with Crippen molar-refractivity contribution in [2.75, 3.05) is 6.54 Å². The Morgan fingerprint density at radius 2 is 2.41 bits per heavy atom. The molecular weight excluding hydrogens is 218 g/mol. The average Bonchev–Trinajstić information content (AvgIpc) is 2.88. The van der Waals surface area contributed by atoms with Crippen LogP contribution < -0.4 is 0 Å². The van der Waals surface area contributed by atoms with Gasteiger partial charge in [0.2, 0.25) is 0 Å². The van der Waals surface area contributed by atoms with Crippen LogP contribution in [0.15, 0.2) is 6.20 Å². The number of rotatable bonds is 4. The highest BCUT2D eigenvalue weighted by atomic mass is 16.4. The largest absolute Gasteiger partial charge is 0.480 e. The first kappa shape index (κ1) is 12.1. The lowest BCUT2D eigenvalue weighted by Crippen LogP contribution is -2.35. The zero-order chi connectivity index (χ0) is 12.4. The Balaban J connectivity index is 2.09. The summed E-state index contributed by atoms with van der Waals surface area (Å²) in [7, 11) is 0. The molecule has 1 aromatic rings. The highest BCUT2D eigenvalue weighted by Gasteiger charge is 2.30. The van der Waals surface area contributed by atoms with E-state index in [1.165, 1.54) is 0 Å². The molecule has 2 rings (SSSR count). The molecule has 1 aliphatic heterocycles. The van der Waals surface area contributed by atoms with Crippen LogP contribution in [0.4, 0.5) is 0 Å². The van der Waals surface area contributed by atoms with Crippen molar-refractivity contribution in [3.63, 3.8) is 0 Å². The van der Waals surface area contributed by atoms with E-state index in [2.05, 4.69) is 12.0 Å². The monoisotopic (exact) mass is 237 g/mol. The molecule has 0 saturated carbocycles. The normalized spacial score (nSPS) is 20.9. The molecule has 1 saturated heterocycles. The fourth-order valence-corrected chi connectivity index (χ4v) is 2.47. The second-order valence-corrected chi connectivity index (χ2v) is 4.54. The third-order valence-corrected chi connectivity index (χ3v) is 3.53. The predicted octanol–water partition coefficient (Wildman–Crippen LogP) is 1.26. The summed E-state index contributed by atoms with van der Waals surface area (Å²) in [4.78, 5) is 13.1. The van der Waals surface area contributed by atoms with Crippen molar-refractivity contribution in [1.82, 2.24) is 14.7 Å². The van der Waals surface area contributed by atoms with E-state index >= 15 is 0 Å².